The van der Waals surface area contributed by atoms with E-state index in [0.29, 0.717) is 0 Å². The summed E-state index contributed by atoms with van der Waals surface area (Å²) in [6.07, 6.45) is 5.81. The van der Waals surface area contributed by atoms with Crippen molar-refractivity contribution in [2.24, 2.45) is 0 Å². The molecule has 3 heteroatoms. The molecule has 0 radical (unpaired) electrons. The molecular formula is C10H13BrN2. The summed E-state index contributed by atoms with van der Waals surface area (Å²) < 4.78 is 1.11. The summed E-state index contributed by atoms with van der Waals surface area (Å²) in [4.78, 5) is 6.74. The third-order valence-electron chi connectivity index (χ3n) is 2.39. The molecule has 2 rings (SSSR count). The summed E-state index contributed by atoms with van der Waals surface area (Å²) in [5.74, 6) is 1.10. The van der Waals surface area contributed by atoms with Crippen molar-refractivity contribution < 1.29 is 0 Å². The summed E-state index contributed by atoms with van der Waals surface area (Å²) in [7, 11) is 0. The lowest BCUT2D eigenvalue weighted by Gasteiger charge is -2.28. The van der Waals surface area contributed by atoms with Crippen LogP contribution in [0.25, 0.3) is 0 Å². The van der Waals surface area contributed by atoms with Crippen molar-refractivity contribution in [3.63, 3.8) is 0 Å². The van der Waals surface area contributed by atoms with Gasteiger partial charge in [0, 0.05) is 19.3 Å². The van der Waals surface area contributed by atoms with Gasteiger partial charge in [0.25, 0.3) is 0 Å². The van der Waals surface area contributed by atoms with E-state index in [2.05, 4.69) is 31.9 Å². The van der Waals surface area contributed by atoms with Gasteiger partial charge in [0.15, 0.2) is 0 Å². The molecule has 1 aliphatic rings. The van der Waals surface area contributed by atoms with Crippen molar-refractivity contribution in [2.75, 3.05) is 18.0 Å². The van der Waals surface area contributed by atoms with E-state index in [4.69, 9.17) is 0 Å². The van der Waals surface area contributed by atoms with Crippen molar-refractivity contribution in [3.05, 3.63) is 22.8 Å². The van der Waals surface area contributed by atoms with Gasteiger partial charge in [-0.3, -0.25) is 0 Å². The minimum Gasteiger partial charge on any atom is -0.356 e. The molecule has 0 spiro atoms. The number of anilines is 1. The van der Waals surface area contributed by atoms with Crippen molar-refractivity contribution in [2.45, 2.75) is 19.3 Å². The largest absolute Gasteiger partial charge is 0.356 e. The molecule has 0 aliphatic carbocycles. The third-order valence-corrected chi connectivity index (χ3v) is 3.01. The highest BCUT2D eigenvalue weighted by molar-refractivity contribution is 9.10. The van der Waals surface area contributed by atoms with E-state index in [1.54, 1.807) is 0 Å². The van der Waals surface area contributed by atoms with Gasteiger partial charge in [-0.25, -0.2) is 4.98 Å². The fourth-order valence-electron chi connectivity index (χ4n) is 1.72. The monoisotopic (exact) mass is 240 g/mol. The van der Waals surface area contributed by atoms with Crippen LogP contribution in [-0.2, 0) is 0 Å². The Morgan fingerprint density at radius 1 is 1.23 bits per heavy atom. The van der Waals surface area contributed by atoms with Crippen LogP contribution in [0.1, 0.15) is 19.3 Å². The summed E-state index contributed by atoms with van der Waals surface area (Å²) in [6, 6.07) is 4.01. The summed E-state index contributed by atoms with van der Waals surface area (Å²) in [5, 5.41) is 0. The van der Waals surface area contributed by atoms with Crippen LogP contribution in [0.2, 0.25) is 0 Å². The lowest BCUT2D eigenvalue weighted by Crippen LogP contribution is -2.30. The predicted octanol–water partition coefficient (Wildman–Crippen LogP) is 2.83. The van der Waals surface area contributed by atoms with Gasteiger partial charge in [-0.15, -0.1) is 0 Å². The number of piperidine rings is 1. The smallest absolute Gasteiger partial charge is 0.142 e. The molecule has 1 aliphatic heterocycles. The lowest BCUT2D eigenvalue weighted by molar-refractivity contribution is 0.573. The number of pyridine rings is 1. The van der Waals surface area contributed by atoms with Crippen LogP contribution in [0, 0.1) is 0 Å². The van der Waals surface area contributed by atoms with Crippen LogP contribution in [0.5, 0.6) is 0 Å². The zero-order valence-electron chi connectivity index (χ0n) is 7.54. The van der Waals surface area contributed by atoms with Crippen molar-refractivity contribution in [1.82, 2.24) is 4.98 Å². The predicted molar refractivity (Wildman–Crippen MR) is 58.0 cm³/mol. The van der Waals surface area contributed by atoms with Gasteiger partial charge in [-0.2, -0.15) is 0 Å². The number of rotatable bonds is 1. The Hall–Kier alpha value is -0.570. The molecule has 1 fully saturated rings. The molecule has 1 saturated heterocycles. The van der Waals surface area contributed by atoms with Crippen molar-refractivity contribution in [3.8, 4) is 0 Å². The molecule has 70 valence electrons. The summed E-state index contributed by atoms with van der Waals surface area (Å²) >= 11 is 3.53. The summed E-state index contributed by atoms with van der Waals surface area (Å²) in [6.45, 7) is 2.30. The maximum Gasteiger partial charge on any atom is 0.142 e. The topological polar surface area (TPSA) is 16.1 Å². The van der Waals surface area contributed by atoms with E-state index in [0.717, 1.165) is 23.4 Å². The molecular weight excluding hydrogens is 228 g/mol. The average Bonchev–Trinajstić information content (AvgIpc) is 2.20. The number of aromatic nitrogens is 1. The van der Waals surface area contributed by atoms with E-state index in [1.807, 2.05) is 12.3 Å². The van der Waals surface area contributed by atoms with Crippen LogP contribution in [-0.4, -0.2) is 18.1 Å². The first kappa shape index (κ1) is 9.00. The van der Waals surface area contributed by atoms with Gasteiger partial charge in [0.2, 0.25) is 0 Å². The second-order valence-corrected chi connectivity index (χ2v) is 4.21. The molecule has 13 heavy (non-hydrogen) atoms. The van der Waals surface area contributed by atoms with Gasteiger partial charge >= 0.3 is 0 Å². The molecule has 0 aromatic carbocycles. The first-order chi connectivity index (χ1) is 6.38. The quantitative estimate of drug-likeness (QED) is 0.751. The molecule has 0 bridgehead atoms. The third kappa shape index (κ3) is 2.02. The Kier molecular flexibility index (Phi) is 2.83. The molecule has 2 heterocycles. The zero-order valence-corrected chi connectivity index (χ0v) is 9.13. The highest BCUT2D eigenvalue weighted by atomic mass is 79.9. The Morgan fingerprint density at radius 3 is 2.69 bits per heavy atom. The molecule has 2 nitrogen and oxygen atoms in total. The fourth-order valence-corrected chi connectivity index (χ4v) is 2.22. The van der Waals surface area contributed by atoms with Gasteiger partial charge in [-0.05, 0) is 47.3 Å². The SMILES string of the molecule is Brc1cccnc1N1CCCCC1. The molecule has 1 aromatic rings. The lowest BCUT2D eigenvalue weighted by atomic mass is 10.1. The Balaban J connectivity index is 2.18. The van der Waals surface area contributed by atoms with E-state index in [1.165, 1.54) is 19.3 Å². The fraction of sp³-hybridized carbons (Fsp3) is 0.500. The molecule has 0 amide bonds. The Labute approximate surface area is 87.1 Å². The van der Waals surface area contributed by atoms with E-state index >= 15 is 0 Å². The first-order valence-corrected chi connectivity index (χ1v) is 5.53. The molecule has 0 N–H and O–H groups in total. The highest BCUT2D eigenvalue weighted by Crippen LogP contribution is 2.25. The van der Waals surface area contributed by atoms with E-state index in [-0.39, 0.29) is 0 Å². The maximum atomic E-state index is 4.38. The zero-order chi connectivity index (χ0) is 9.10. The van der Waals surface area contributed by atoms with E-state index < -0.39 is 0 Å². The number of hydrogen-bond acceptors (Lipinski definition) is 2. The van der Waals surface area contributed by atoms with Gasteiger partial charge in [0.05, 0.1) is 4.47 Å². The summed E-state index contributed by atoms with van der Waals surface area (Å²) in [5.41, 5.74) is 0. The molecule has 0 unspecified atom stereocenters. The number of hydrogen-bond donors (Lipinski definition) is 0. The minimum absolute atomic E-state index is 1.10. The normalized spacial score (nSPS) is 17.5. The second kappa shape index (κ2) is 4.09. The minimum atomic E-state index is 1.10. The first-order valence-electron chi connectivity index (χ1n) is 4.73. The molecule has 0 atom stereocenters. The number of halogens is 1. The van der Waals surface area contributed by atoms with Crippen molar-refractivity contribution >= 4 is 21.7 Å². The van der Waals surface area contributed by atoms with Gasteiger partial charge in [0.1, 0.15) is 5.82 Å². The van der Waals surface area contributed by atoms with Gasteiger partial charge in [-0.1, -0.05) is 0 Å². The van der Waals surface area contributed by atoms with Crippen LogP contribution in [0.4, 0.5) is 5.82 Å². The average molecular weight is 241 g/mol. The Bertz CT molecular complexity index is 282. The van der Waals surface area contributed by atoms with Gasteiger partial charge < -0.3 is 4.90 Å². The standard InChI is InChI=1S/C10H13BrN2/c11-9-5-4-6-12-10(9)13-7-2-1-3-8-13/h4-6H,1-3,7-8H2. The van der Waals surface area contributed by atoms with Crippen LogP contribution in [0.15, 0.2) is 22.8 Å². The highest BCUT2D eigenvalue weighted by Gasteiger charge is 2.13. The molecule has 0 saturated carbocycles. The van der Waals surface area contributed by atoms with Crippen LogP contribution < -0.4 is 4.90 Å². The maximum absolute atomic E-state index is 4.38. The number of nitrogens with zero attached hydrogens (tertiary/aromatic N) is 2. The Morgan fingerprint density at radius 2 is 2.00 bits per heavy atom. The van der Waals surface area contributed by atoms with Crippen LogP contribution in [0.3, 0.4) is 0 Å². The van der Waals surface area contributed by atoms with Crippen LogP contribution >= 0.6 is 15.9 Å². The second-order valence-electron chi connectivity index (χ2n) is 3.36. The van der Waals surface area contributed by atoms with E-state index in [9.17, 15) is 0 Å². The molecule has 1 aromatic heterocycles. The van der Waals surface area contributed by atoms with Crippen molar-refractivity contribution in [1.29, 1.82) is 0 Å².